The zero-order valence-electron chi connectivity index (χ0n) is 14.3. The minimum Gasteiger partial charge on any atom is -0.478 e. The second-order valence-corrected chi connectivity index (χ2v) is 7.13. The van der Waals surface area contributed by atoms with Crippen LogP contribution in [0.25, 0.3) is 0 Å². The van der Waals surface area contributed by atoms with Crippen LogP contribution in [-0.4, -0.2) is 44.8 Å². The Bertz CT molecular complexity index is 834. The van der Waals surface area contributed by atoms with Crippen LogP contribution in [0.1, 0.15) is 47.6 Å². The number of carbonyl (C=O) groups is 2. The average Bonchev–Trinajstić information content (AvgIpc) is 3.30. The molecule has 1 aromatic heterocycles. The molecule has 0 unspecified atom stereocenters. The van der Waals surface area contributed by atoms with Gasteiger partial charge in [-0.25, -0.2) is 9.18 Å². The molecule has 2 aliphatic rings. The lowest BCUT2D eigenvalue weighted by Gasteiger charge is -2.34. The third kappa shape index (κ3) is 2.87. The van der Waals surface area contributed by atoms with Crippen molar-refractivity contribution in [3.63, 3.8) is 0 Å². The van der Waals surface area contributed by atoms with E-state index in [1.165, 1.54) is 18.3 Å². The van der Waals surface area contributed by atoms with E-state index in [1.54, 1.807) is 23.0 Å². The van der Waals surface area contributed by atoms with E-state index in [0.29, 0.717) is 13.1 Å². The third-order valence-corrected chi connectivity index (χ3v) is 5.53. The first-order valence-electron chi connectivity index (χ1n) is 8.82. The number of carboxylic acids is 1. The summed E-state index contributed by atoms with van der Waals surface area (Å²) < 4.78 is 14.9. The highest BCUT2D eigenvalue weighted by molar-refractivity contribution is 5.91. The standard InChI is InChI=1S/C19H20FN3O3/c20-15-3-1-14(2-4-15)19(7-8-19)18(26)22-9-5-16(6-10-22)23-12-13(11-21-23)17(24)25/h1-4,11-12,16H,5-10H2,(H,24,25). The van der Waals surface area contributed by atoms with E-state index in [1.807, 2.05) is 4.90 Å². The molecule has 1 aromatic carbocycles. The van der Waals surface area contributed by atoms with Crippen molar-refractivity contribution < 1.29 is 19.1 Å². The lowest BCUT2D eigenvalue weighted by molar-refractivity contribution is -0.135. The molecule has 1 saturated carbocycles. The second-order valence-electron chi connectivity index (χ2n) is 7.13. The summed E-state index contributed by atoms with van der Waals surface area (Å²) in [6.45, 7) is 1.24. The fraction of sp³-hybridized carbons (Fsp3) is 0.421. The van der Waals surface area contributed by atoms with E-state index >= 15 is 0 Å². The van der Waals surface area contributed by atoms with Crippen LogP contribution in [0.5, 0.6) is 0 Å². The van der Waals surface area contributed by atoms with Crippen LogP contribution in [0, 0.1) is 5.82 Å². The molecule has 26 heavy (non-hydrogen) atoms. The number of aromatic carboxylic acids is 1. The van der Waals surface area contributed by atoms with E-state index in [4.69, 9.17) is 5.11 Å². The van der Waals surface area contributed by atoms with Gasteiger partial charge in [0, 0.05) is 19.3 Å². The number of amides is 1. The number of nitrogens with zero attached hydrogens (tertiary/aromatic N) is 3. The second kappa shape index (κ2) is 6.23. The van der Waals surface area contributed by atoms with Crippen LogP contribution < -0.4 is 0 Å². The van der Waals surface area contributed by atoms with Gasteiger partial charge in [-0.05, 0) is 43.4 Å². The van der Waals surface area contributed by atoms with Crippen LogP contribution in [0.15, 0.2) is 36.7 Å². The topological polar surface area (TPSA) is 75.4 Å². The molecule has 1 aliphatic carbocycles. The van der Waals surface area contributed by atoms with Gasteiger partial charge < -0.3 is 10.0 Å². The van der Waals surface area contributed by atoms with Crippen molar-refractivity contribution >= 4 is 11.9 Å². The zero-order valence-corrected chi connectivity index (χ0v) is 14.3. The molecule has 1 amide bonds. The maximum atomic E-state index is 13.2. The number of hydrogen-bond donors (Lipinski definition) is 1. The Morgan fingerprint density at radius 1 is 1.15 bits per heavy atom. The highest BCUT2D eigenvalue weighted by Gasteiger charge is 2.53. The lowest BCUT2D eigenvalue weighted by Crippen LogP contribution is -2.44. The first kappa shape index (κ1) is 16.8. The van der Waals surface area contributed by atoms with Gasteiger partial charge >= 0.3 is 5.97 Å². The van der Waals surface area contributed by atoms with Crippen molar-refractivity contribution in [3.05, 3.63) is 53.6 Å². The number of carbonyl (C=O) groups excluding carboxylic acids is 1. The molecule has 2 fully saturated rings. The van der Waals surface area contributed by atoms with Gasteiger partial charge in [-0.2, -0.15) is 5.10 Å². The van der Waals surface area contributed by atoms with E-state index in [9.17, 15) is 14.0 Å². The Morgan fingerprint density at radius 2 is 1.81 bits per heavy atom. The number of piperidine rings is 1. The molecule has 4 rings (SSSR count). The van der Waals surface area contributed by atoms with Crippen LogP contribution >= 0.6 is 0 Å². The maximum absolute atomic E-state index is 13.2. The number of carboxylic acid groups (broad SMARTS) is 1. The van der Waals surface area contributed by atoms with Gasteiger partial charge in [0.1, 0.15) is 5.82 Å². The highest BCUT2D eigenvalue weighted by atomic mass is 19.1. The molecule has 0 bridgehead atoms. The van der Waals surface area contributed by atoms with Gasteiger partial charge in [0.15, 0.2) is 0 Å². The first-order chi connectivity index (χ1) is 12.5. The summed E-state index contributed by atoms with van der Waals surface area (Å²) in [5.74, 6) is -1.16. The Morgan fingerprint density at radius 3 is 2.35 bits per heavy atom. The number of rotatable bonds is 4. The zero-order chi connectivity index (χ0) is 18.3. The Kier molecular flexibility index (Phi) is 4.01. The molecule has 0 atom stereocenters. The fourth-order valence-electron chi connectivity index (χ4n) is 3.80. The molecule has 1 saturated heterocycles. The van der Waals surface area contributed by atoms with Crippen molar-refractivity contribution in [2.45, 2.75) is 37.1 Å². The summed E-state index contributed by atoms with van der Waals surface area (Å²) in [7, 11) is 0. The average molecular weight is 357 g/mol. The summed E-state index contributed by atoms with van der Waals surface area (Å²) in [6, 6.07) is 6.35. The van der Waals surface area contributed by atoms with Gasteiger partial charge in [0.2, 0.25) is 5.91 Å². The highest BCUT2D eigenvalue weighted by Crippen LogP contribution is 2.50. The van der Waals surface area contributed by atoms with Crippen molar-refractivity contribution in [2.24, 2.45) is 0 Å². The normalized spacial score (nSPS) is 19.3. The van der Waals surface area contributed by atoms with Gasteiger partial charge in [-0.15, -0.1) is 0 Å². The number of hydrogen-bond acceptors (Lipinski definition) is 3. The summed E-state index contributed by atoms with van der Waals surface area (Å²) in [4.78, 5) is 25.9. The smallest absolute Gasteiger partial charge is 0.338 e. The largest absolute Gasteiger partial charge is 0.478 e. The molecular weight excluding hydrogens is 337 g/mol. The molecule has 1 aliphatic heterocycles. The number of halogens is 1. The van der Waals surface area contributed by atoms with Gasteiger partial charge in [0.25, 0.3) is 0 Å². The molecule has 0 spiro atoms. The monoisotopic (exact) mass is 357 g/mol. The third-order valence-electron chi connectivity index (χ3n) is 5.53. The SMILES string of the molecule is O=C(O)c1cnn(C2CCN(C(=O)C3(c4ccc(F)cc4)CC3)CC2)c1. The summed E-state index contributed by atoms with van der Waals surface area (Å²) in [5.41, 5.74) is 0.587. The molecule has 7 heteroatoms. The molecule has 1 N–H and O–H groups in total. The summed E-state index contributed by atoms with van der Waals surface area (Å²) >= 11 is 0. The minimum atomic E-state index is -0.987. The van der Waals surface area contributed by atoms with Crippen LogP contribution in [0.2, 0.25) is 0 Å². The van der Waals surface area contributed by atoms with E-state index in [-0.39, 0.29) is 23.3 Å². The maximum Gasteiger partial charge on any atom is 0.338 e. The van der Waals surface area contributed by atoms with Gasteiger partial charge in [-0.1, -0.05) is 12.1 Å². The van der Waals surface area contributed by atoms with Crippen molar-refractivity contribution in [1.29, 1.82) is 0 Å². The Hall–Kier alpha value is -2.70. The molecule has 2 aromatic rings. The molecule has 136 valence electrons. The number of likely N-dealkylation sites (tertiary alicyclic amines) is 1. The molecule has 6 nitrogen and oxygen atoms in total. The quantitative estimate of drug-likeness (QED) is 0.913. The van der Waals surface area contributed by atoms with Crippen LogP contribution in [0.3, 0.4) is 0 Å². The van der Waals surface area contributed by atoms with Gasteiger partial charge in [0.05, 0.1) is 23.2 Å². The predicted octanol–water partition coefficient (Wildman–Crippen LogP) is 2.62. The van der Waals surface area contributed by atoms with Crippen LogP contribution in [0.4, 0.5) is 4.39 Å². The van der Waals surface area contributed by atoms with E-state index < -0.39 is 11.4 Å². The van der Waals surface area contributed by atoms with Crippen molar-refractivity contribution in [2.75, 3.05) is 13.1 Å². The number of benzene rings is 1. The fourth-order valence-corrected chi connectivity index (χ4v) is 3.80. The van der Waals surface area contributed by atoms with E-state index in [0.717, 1.165) is 31.2 Å². The lowest BCUT2D eigenvalue weighted by atomic mass is 9.93. The molecule has 0 radical (unpaired) electrons. The summed E-state index contributed by atoms with van der Waals surface area (Å²) in [5, 5.41) is 13.1. The van der Waals surface area contributed by atoms with Crippen LogP contribution in [-0.2, 0) is 10.2 Å². The molecular formula is C19H20FN3O3. The van der Waals surface area contributed by atoms with Gasteiger partial charge in [-0.3, -0.25) is 9.48 Å². The first-order valence-corrected chi connectivity index (χ1v) is 8.82. The number of aromatic nitrogens is 2. The van der Waals surface area contributed by atoms with E-state index in [2.05, 4.69) is 5.10 Å². The van der Waals surface area contributed by atoms with Crippen molar-refractivity contribution in [1.82, 2.24) is 14.7 Å². The Balaban J connectivity index is 1.42. The molecule has 2 heterocycles. The minimum absolute atomic E-state index is 0.105. The predicted molar refractivity (Wildman–Crippen MR) is 91.3 cm³/mol. The van der Waals surface area contributed by atoms with Crippen molar-refractivity contribution in [3.8, 4) is 0 Å². The Labute approximate surface area is 150 Å². The summed E-state index contributed by atoms with van der Waals surface area (Å²) in [6.07, 6.45) is 5.99.